The summed E-state index contributed by atoms with van der Waals surface area (Å²) in [6.07, 6.45) is 0.182. The zero-order valence-electron chi connectivity index (χ0n) is 8.90. The lowest BCUT2D eigenvalue weighted by molar-refractivity contribution is -0.528. The Kier molecular flexibility index (Phi) is 2.28. The number of nitrogens with zero attached hydrogens (tertiary/aromatic N) is 1. The van der Waals surface area contributed by atoms with Crippen molar-refractivity contribution in [1.82, 2.24) is 0 Å². The van der Waals surface area contributed by atoms with Crippen molar-refractivity contribution in [2.45, 2.75) is 26.0 Å². The van der Waals surface area contributed by atoms with E-state index >= 15 is 0 Å². The van der Waals surface area contributed by atoms with E-state index in [0.29, 0.717) is 6.04 Å². The van der Waals surface area contributed by atoms with Crippen molar-refractivity contribution in [3.05, 3.63) is 35.9 Å². The average molecular weight is 190 g/mol. The van der Waals surface area contributed by atoms with Gasteiger partial charge in [0.25, 0.3) is 0 Å². The maximum atomic E-state index is 5.81. The lowest BCUT2D eigenvalue weighted by Gasteiger charge is -2.11. The van der Waals surface area contributed by atoms with Gasteiger partial charge in [0.1, 0.15) is 7.05 Å². The second kappa shape index (κ2) is 3.45. The van der Waals surface area contributed by atoms with Crippen molar-refractivity contribution in [3.8, 4) is 0 Å². The zero-order chi connectivity index (χ0) is 10.1. The van der Waals surface area contributed by atoms with Crippen molar-refractivity contribution in [1.29, 1.82) is 0 Å². The average Bonchev–Trinajstić information content (AvgIpc) is 2.47. The van der Waals surface area contributed by atoms with Crippen LogP contribution in [0.15, 0.2) is 30.3 Å². The molecule has 0 fully saturated rings. The summed E-state index contributed by atoms with van der Waals surface area (Å²) in [5.41, 5.74) is 1.25. The Balaban J connectivity index is 2.25. The summed E-state index contributed by atoms with van der Waals surface area (Å²) in [6, 6.07) is 10.8. The summed E-state index contributed by atoms with van der Waals surface area (Å²) >= 11 is 0. The van der Waals surface area contributed by atoms with Gasteiger partial charge in [0, 0.05) is 6.92 Å². The Morgan fingerprint density at radius 1 is 1.21 bits per heavy atom. The van der Waals surface area contributed by atoms with Crippen molar-refractivity contribution in [3.63, 3.8) is 0 Å². The lowest BCUT2D eigenvalue weighted by atomic mass is 10.0. The van der Waals surface area contributed by atoms with E-state index in [1.165, 1.54) is 5.56 Å². The summed E-state index contributed by atoms with van der Waals surface area (Å²) in [5.74, 6) is 1.01. The first-order chi connectivity index (χ1) is 6.70. The second-order valence-corrected chi connectivity index (χ2v) is 3.82. The van der Waals surface area contributed by atoms with Crippen molar-refractivity contribution < 1.29 is 9.31 Å². The van der Waals surface area contributed by atoms with Crippen LogP contribution in [-0.4, -0.2) is 23.6 Å². The summed E-state index contributed by atoms with van der Waals surface area (Å²) in [6.45, 7) is 4.20. The van der Waals surface area contributed by atoms with Crippen LogP contribution in [0.2, 0.25) is 0 Å². The first-order valence-corrected chi connectivity index (χ1v) is 4.98. The third kappa shape index (κ3) is 1.41. The number of rotatable bonds is 1. The van der Waals surface area contributed by atoms with Gasteiger partial charge >= 0.3 is 5.90 Å². The van der Waals surface area contributed by atoms with Gasteiger partial charge < -0.3 is 4.74 Å². The number of hydrogen-bond acceptors (Lipinski definition) is 1. The van der Waals surface area contributed by atoms with Gasteiger partial charge in [0.2, 0.25) is 0 Å². The monoisotopic (exact) mass is 190 g/mol. The van der Waals surface area contributed by atoms with E-state index in [1.807, 2.05) is 13.0 Å². The summed E-state index contributed by atoms with van der Waals surface area (Å²) in [5, 5.41) is 0. The molecule has 0 unspecified atom stereocenters. The molecule has 1 heterocycles. The maximum Gasteiger partial charge on any atom is 0.334 e. The molecule has 0 spiro atoms. The minimum Gasteiger partial charge on any atom is -0.433 e. The SMILES string of the molecule is CC1=[N+](C)[C@H](C)[C@H](c2ccccc2)O1. The van der Waals surface area contributed by atoms with Gasteiger partial charge in [-0.3, -0.25) is 0 Å². The molecule has 2 rings (SSSR count). The standard InChI is InChI=1S/C12H16NO/c1-9-12(14-10(2)13(9)3)11-7-5-4-6-8-11/h4-9,12H,1-3H3/q+1/t9-,12-/m1/s1. The zero-order valence-corrected chi connectivity index (χ0v) is 8.90. The molecule has 0 saturated heterocycles. The first-order valence-electron chi connectivity index (χ1n) is 4.98. The normalized spacial score (nSPS) is 26.5. The molecule has 0 N–H and O–H groups in total. The van der Waals surface area contributed by atoms with E-state index in [-0.39, 0.29) is 6.10 Å². The highest BCUT2D eigenvalue weighted by molar-refractivity contribution is 5.69. The molecule has 1 aliphatic heterocycles. The molecule has 0 saturated carbocycles. The first kappa shape index (κ1) is 9.25. The predicted molar refractivity (Wildman–Crippen MR) is 56.6 cm³/mol. The molecular formula is C12H16NO+. The molecule has 0 bridgehead atoms. The van der Waals surface area contributed by atoms with Crippen molar-refractivity contribution in [2.75, 3.05) is 7.05 Å². The van der Waals surface area contributed by atoms with E-state index < -0.39 is 0 Å². The highest BCUT2D eigenvalue weighted by atomic mass is 16.5. The molecule has 0 amide bonds. The van der Waals surface area contributed by atoms with Gasteiger partial charge in [-0.05, 0) is 5.56 Å². The van der Waals surface area contributed by atoms with Gasteiger partial charge in [0.15, 0.2) is 12.1 Å². The van der Waals surface area contributed by atoms with Crippen LogP contribution in [-0.2, 0) is 4.74 Å². The van der Waals surface area contributed by atoms with E-state index in [2.05, 4.69) is 42.8 Å². The predicted octanol–water partition coefficient (Wildman–Crippen LogP) is 2.21. The summed E-state index contributed by atoms with van der Waals surface area (Å²) < 4.78 is 7.99. The Morgan fingerprint density at radius 3 is 2.36 bits per heavy atom. The van der Waals surface area contributed by atoms with Gasteiger partial charge in [-0.1, -0.05) is 30.3 Å². The molecule has 2 heteroatoms. The molecule has 1 aromatic carbocycles. The van der Waals surface area contributed by atoms with E-state index in [9.17, 15) is 0 Å². The third-order valence-electron chi connectivity index (χ3n) is 2.97. The largest absolute Gasteiger partial charge is 0.433 e. The smallest absolute Gasteiger partial charge is 0.334 e. The van der Waals surface area contributed by atoms with Crippen LogP contribution < -0.4 is 0 Å². The molecular weight excluding hydrogens is 174 g/mol. The van der Waals surface area contributed by atoms with Crippen LogP contribution in [0.4, 0.5) is 0 Å². The maximum absolute atomic E-state index is 5.81. The molecule has 0 aromatic heterocycles. The molecule has 14 heavy (non-hydrogen) atoms. The lowest BCUT2D eigenvalue weighted by Crippen LogP contribution is -2.20. The van der Waals surface area contributed by atoms with Crippen molar-refractivity contribution >= 4 is 5.90 Å². The Morgan fingerprint density at radius 2 is 1.86 bits per heavy atom. The van der Waals surface area contributed by atoms with Crippen LogP contribution in [0, 0.1) is 0 Å². The second-order valence-electron chi connectivity index (χ2n) is 3.82. The van der Waals surface area contributed by atoms with Crippen LogP contribution in [0.1, 0.15) is 25.5 Å². The van der Waals surface area contributed by atoms with Gasteiger partial charge in [-0.2, -0.15) is 4.58 Å². The quantitative estimate of drug-likeness (QED) is 0.618. The number of benzene rings is 1. The topological polar surface area (TPSA) is 12.2 Å². The summed E-state index contributed by atoms with van der Waals surface area (Å²) in [7, 11) is 2.07. The summed E-state index contributed by atoms with van der Waals surface area (Å²) in [4.78, 5) is 0. The van der Waals surface area contributed by atoms with Crippen LogP contribution in [0.25, 0.3) is 0 Å². The minimum atomic E-state index is 0.182. The van der Waals surface area contributed by atoms with E-state index in [1.54, 1.807) is 0 Å². The molecule has 1 aromatic rings. The fourth-order valence-electron chi connectivity index (χ4n) is 1.84. The van der Waals surface area contributed by atoms with Gasteiger partial charge in [-0.25, -0.2) is 0 Å². The number of likely N-dealkylation sites (N-methyl/N-ethyl adjacent to an activating group) is 1. The molecule has 74 valence electrons. The number of hydrogen-bond donors (Lipinski definition) is 0. The molecule has 2 nitrogen and oxygen atoms in total. The fraction of sp³-hybridized carbons (Fsp3) is 0.417. The number of ether oxygens (including phenoxy) is 1. The highest BCUT2D eigenvalue weighted by Crippen LogP contribution is 2.27. The van der Waals surface area contributed by atoms with Crippen LogP contribution >= 0.6 is 0 Å². The van der Waals surface area contributed by atoms with Gasteiger partial charge in [-0.15, -0.1) is 0 Å². The third-order valence-corrected chi connectivity index (χ3v) is 2.97. The van der Waals surface area contributed by atoms with Crippen LogP contribution in [0.5, 0.6) is 0 Å². The molecule has 0 radical (unpaired) electrons. The Hall–Kier alpha value is -1.31. The Labute approximate surface area is 84.8 Å². The molecule has 0 aliphatic carbocycles. The van der Waals surface area contributed by atoms with Crippen molar-refractivity contribution in [2.24, 2.45) is 0 Å². The van der Waals surface area contributed by atoms with Gasteiger partial charge in [0.05, 0.1) is 6.92 Å². The van der Waals surface area contributed by atoms with E-state index in [4.69, 9.17) is 4.74 Å². The van der Waals surface area contributed by atoms with E-state index in [0.717, 1.165) is 5.90 Å². The minimum absolute atomic E-state index is 0.182. The molecule has 2 atom stereocenters. The fourth-order valence-corrected chi connectivity index (χ4v) is 1.84. The molecule has 1 aliphatic rings. The highest BCUT2D eigenvalue weighted by Gasteiger charge is 2.36. The van der Waals surface area contributed by atoms with Crippen LogP contribution in [0.3, 0.4) is 0 Å². The Bertz CT molecular complexity index is 356.